The fraction of sp³-hybridized carbons (Fsp3) is 0.444. The van der Waals surface area contributed by atoms with Gasteiger partial charge >= 0.3 is 5.97 Å². The molecule has 2 N–H and O–H groups in total. The highest BCUT2D eigenvalue weighted by molar-refractivity contribution is 5.95. The highest BCUT2D eigenvalue weighted by Crippen LogP contribution is 2.28. The van der Waals surface area contributed by atoms with E-state index in [4.69, 9.17) is 9.47 Å². The van der Waals surface area contributed by atoms with Crippen LogP contribution in [0, 0.1) is 19.8 Å². The Morgan fingerprint density at radius 1 is 0.824 bits per heavy atom. The Hall–Kier alpha value is -3.35. The number of nitrogens with one attached hydrogen (secondary N) is 2. The smallest absolute Gasteiger partial charge is 0.308 e. The van der Waals surface area contributed by atoms with Crippen molar-refractivity contribution in [2.75, 3.05) is 19.7 Å². The Morgan fingerprint density at radius 2 is 1.41 bits per heavy atom. The van der Waals surface area contributed by atoms with Crippen LogP contribution in [0.2, 0.25) is 0 Å². The van der Waals surface area contributed by atoms with Gasteiger partial charge in [0.1, 0.15) is 5.75 Å². The van der Waals surface area contributed by atoms with Gasteiger partial charge in [-0.1, -0.05) is 6.07 Å². The number of benzene rings is 2. The van der Waals surface area contributed by atoms with Gasteiger partial charge in [0.15, 0.2) is 0 Å². The zero-order valence-corrected chi connectivity index (χ0v) is 20.2. The minimum Gasteiger partial charge on any atom is -0.490 e. The Balaban J connectivity index is 1.38. The second kappa shape index (κ2) is 12.2. The molecule has 182 valence electrons. The summed E-state index contributed by atoms with van der Waals surface area (Å²) >= 11 is 0. The second-order valence-corrected chi connectivity index (χ2v) is 8.68. The van der Waals surface area contributed by atoms with Gasteiger partial charge in [0.25, 0.3) is 11.8 Å². The highest BCUT2D eigenvalue weighted by atomic mass is 16.5. The quantitative estimate of drug-likeness (QED) is 0.431. The van der Waals surface area contributed by atoms with Gasteiger partial charge in [-0.15, -0.1) is 0 Å². The second-order valence-electron chi connectivity index (χ2n) is 8.68. The van der Waals surface area contributed by atoms with Gasteiger partial charge in [0.05, 0.1) is 18.6 Å². The van der Waals surface area contributed by atoms with E-state index in [0.29, 0.717) is 36.6 Å². The molecule has 0 atom stereocenters. The third-order valence-electron chi connectivity index (χ3n) is 6.18. The number of hydrogen-bond donors (Lipinski definition) is 2. The predicted octanol–water partition coefficient (Wildman–Crippen LogP) is 3.96. The highest BCUT2D eigenvalue weighted by Gasteiger charge is 2.28. The minimum atomic E-state index is -0.207. The van der Waals surface area contributed by atoms with Crippen LogP contribution in [0.15, 0.2) is 42.5 Å². The molecule has 0 heterocycles. The number of carbonyl (C=O) groups is 3. The topological polar surface area (TPSA) is 93.7 Å². The average molecular weight is 467 g/mol. The monoisotopic (exact) mass is 466 g/mol. The molecule has 34 heavy (non-hydrogen) atoms. The molecule has 0 aromatic heterocycles. The molecule has 7 heteroatoms. The summed E-state index contributed by atoms with van der Waals surface area (Å²) < 4.78 is 11.1. The largest absolute Gasteiger partial charge is 0.490 e. The number of carbonyl (C=O) groups excluding carboxylic acids is 3. The summed E-state index contributed by atoms with van der Waals surface area (Å²) in [4.78, 5) is 36.5. The van der Waals surface area contributed by atoms with E-state index >= 15 is 0 Å². The average Bonchev–Trinajstić information content (AvgIpc) is 2.84. The number of ether oxygens (including phenoxy) is 2. The molecule has 0 unspecified atom stereocenters. The van der Waals surface area contributed by atoms with E-state index in [-0.39, 0.29) is 29.8 Å². The summed E-state index contributed by atoms with van der Waals surface area (Å²) in [5.74, 6) is 0.201. The summed E-state index contributed by atoms with van der Waals surface area (Å²) in [6, 6.07) is 12.6. The van der Waals surface area contributed by atoms with Gasteiger partial charge in [0, 0.05) is 24.2 Å². The maximum atomic E-state index is 12.4. The molecule has 2 aromatic carbocycles. The summed E-state index contributed by atoms with van der Waals surface area (Å²) in [6.45, 7) is 6.88. The van der Waals surface area contributed by atoms with Crippen molar-refractivity contribution in [1.82, 2.24) is 10.6 Å². The first-order chi connectivity index (χ1) is 16.4. The molecule has 2 amide bonds. The lowest BCUT2D eigenvalue weighted by Gasteiger charge is -2.27. The minimum absolute atomic E-state index is 0.0309. The summed E-state index contributed by atoms with van der Waals surface area (Å²) in [7, 11) is 0. The van der Waals surface area contributed by atoms with E-state index < -0.39 is 0 Å². The lowest BCUT2D eigenvalue weighted by atomic mass is 9.87. The van der Waals surface area contributed by atoms with Crippen LogP contribution in [-0.4, -0.2) is 43.6 Å². The van der Waals surface area contributed by atoms with E-state index in [9.17, 15) is 14.4 Å². The van der Waals surface area contributed by atoms with Crippen LogP contribution in [-0.2, 0) is 9.53 Å². The molecule has 2 aromatic rings. The Labute approximate surface area is 201 Å². The third kappa shape index (κ3) is 7.07. The van der Waals surface area contributed by atoms with E-state index in [0.717, 1.165) is 36.8 Å². The molecule has 7 nitrogen and oxygen atoms in total. The van der Waals surface area contributed by atoms with E-state index in [1.54, 1.807) is 30.3 Å². The van der Waals surface area contributed by atoms with E-state index in [1.165, 1.54) is 0 Å². The van der Waals surface area contributed by atoms with Gasteiger partial charge < -0.3 is 20.1 Å². The molecule has 0 spiro atoms. The number of esters is 1. The van der Waals surface area contributed by atoms with Crippen molar-refractivity contribution >= 4 is 17.8 Å². The molecule has 1 saturated carbocycles. The molecule has 3 rings (SSSR count). The summed E-state index contributed by atoms with van der Waals surface area (Å²) in [5.41, 5.74) is 3.34. The maximum Gasteiger partial charge on any atom is 0.308 e. The van der Waals surface area contributed by atoms with Gasteiger partial charge in [-0.3, -0.25) is 14.4 Å². The predicted molar refractivity (Wildman–Crippen MR) is 130 cm³/mol. The molecule has 0 aliphatic heterocycles. The zero-order valence-electron chi connectivity index (χ0n) is 20.2. The maximum absolute atomic E-state index is 12.4. The van der Waals surface area contributed by atoms with Crippen LogP contribution < -0.4 is 15.4 Å². The fourth-order valence-corrected chi connectivity index (χ4v) is 3.99. The number of aryl methyl sites for hydroxylation is 2. The standard InChI is InChI=1S/C27H34N2O5/c1-4-33-27(32)21-9-13-24(14-10-21)34-23-11-7-20(8-12-23)25(30)28-15-16-29-26(31)22-6-5-18(2)19(3)17-22/h5-8,11-12,17,21,24H,4,9-10,13-16H2,1-3H3,(H,28,30)(H,29,31)/t21-,24+. The number of amides is 2. The van der Waals surface area contributed by atoms with Crippen molar-refractivity contribution in [2.24, 2.45) is 5.92 Å². The van der Waals surface area contributed by atoms with Crippen molar-refractivity contribution < 1.29 is 23.9 Å². The normalized spacial score (nSPS) is 17.5. The first-order valence-electron chi connectivity index (χ1n) is 11.9. The lowest BCUT2D eigenvalue weighted by molar-refractivity contribution is -0.149. The van der Waals surface area contributed by atoms with Crippen molar-refractivity contribution in [1.29, 1.82) is 0 Å². The van der Waals surface area contributed by atoms with Crippen LogP contribution >= 0.6 is 0 Å². The molecule has 0 radical (unpaired) electrons. The lowest BCUT2D eigenvalue weighted by Crippen LogP contribution is -2.34. The van der Waals surface area contributed by atoms with Crippen LogP contribution in [0.3, 0.4) is 0 Å². The molecular weight excluding hydrogens is 432 g/mol. The molecule has 0 bridgehead atoms. The van der Waals surface area contributed by atoms with Gasteiger partial charge in [-0.05, 0) is 94.0 Å². The van der Waals surface area contributed by atoms with Gasteiger partial charge in [0.2, 0.25) is 0 Å². The van der Waals surface area contributed by atoms with Crippen molar-refractivity contribution in [3.05, 3.63) is 64.7 Å². The SMILES string of the molecule is CCOC(=O)[C@H]1CC[C@@H](Oc2ccc(C(=O)NCCNC(=O)c3ccc(C)c(C)c3)cc2)CC1. The Kier molecular flexibility index (Phi) is 9.08. The van der Waals surface area contributed by atoms with Gasteiger partial charge in [-0.2, -0.15) is 0 Å². The first-order valence-corrected chi connectivity index (χ1v) is 11.9. The van der Waals surface area contributed by atoms with Crippen molar-refractivity contribution in [3.63, 3.8) is 0 Å². The van der Waals surface area contributed by atoms with Crippen LogP contribution in [0.25, 0.3) is 0 Å². The molecule has 0 saturated heterocycles. The number of rotatable bonds is 9. The Morgan fingerprint density at radius 3 is 2.00 bits per heavy atom. The fourth-order valence-electron chi connectivity index (χ4n) is 3.99. The molecule has 1 aliphatic carbocycles. The van der Waals surface area contributed by atoms with Crippen molar-refractivity contribution in [3.8, 4) is 5.75 Å². The molecule has 1 aliphatic rings. The van der Waals surface area contributed by atoms with Crippen LogP contribution in [0.1, 0.15) is 64.4 Å². The van der Waals surface area contributed by atoms with Crippen LogP contribution in [0.5, 0.6) is 5.75 Å². The zero-order chi connectivity index (χ0) is 24.5. The van der Waals surface area contributed by atoms with Crippen LogP contribution in [0.4, 0.5) is 0 Å². The third-order valence-corrected chi connectivity index (χ3v) is 6.18. The summed E-state index contributed by atoms with van der Waals surface area (Å²) in [6.07, 6.45) is 3.21. The Bertz CT molecular complexity index is 995. The number of hydrogen-bond acceptors (Lipinski definition) is 5. The van der Waals surface area contributed by atoms with Gasteiger partial charge in [-0.25, -0.2) is 0 Å². The van der Waals surface area contributed by atoms with E-state index in [1.807, 2.05) is 32.9 Å². The first kappa shape index (κ1) is 25.3. The molecular formula is C27H34N2O5. The van der Waals surface area contributed by atoms with Crippen molar-refractivity contribution in [2.45, 2.75) is 52.6 Å². The van der Waals surface area contributed by atoms with E-state index in [2.05, 4.69) is 10.6 Å². The molecule has 1 fully saturated rings. The summed E-state index contributed by atoms with van der Waals surface area (Å²) in [5, 5.41) is 5.64.